The first kappa shape index (κ1) is 19.4. The maximum absolute atomic E-state index is 12.0. The third-order valence-electron chi connectivity index (χ3n) is 4.27. The highest BCUT2D eigenvalue weighted by atomic mass is 16.5. The Morgan fingerprint density at radius 1 is 1.11 bits per heavy atom. The van der Waals surface area contributed by atoms with Gasteiger partial charge in [-0.3, -0.25) is 9.59 Å². The number of nitrogens with zero attached hydrogens (tertiary/aromatic N) is 2. The molecule has 0 fully saturated rings. The molecule has 0 aliphatic heterocycles. The highest BCUT2D eigenvalue weighted by Gasteiger charge is 2.06. The summed E-state index contributed by atoms with van der Waals surface area (Å²) in [6, 6.07) is 14.9. The molecule has 0 saturated carbocycles. The first-order valence-electron chi connectivity index (χ1n) is 9.20. The molecule has 1 amide bonds. The van der Waals surface area contributed by atoms with Crippen LogP contribution >= 0.6 is 0 Å². The minimum atomic E-state index is -0.200. The van der Waals surface area contributed by atoms with E-state index in [2.05, 4.69) is 16.4 Å². The second-order valence-corrected chi connectivity index (χ2v) is 6.42. The standard InChI is InChI=1S/C22H23N3O3/c1-2-21(26)19-6-8-20(9-7-19)28-15-22(27)24-13-17-4-3-5-18(12-17)14-25-11-10-23-16-25/h3-12,16H,2,13-15H2,1H3,(H,24,27). The molecule has 0 saturated heterocycles. The van der Waals surface area contributed by atoms with Crippen LogP contribution in [0.3, 0.4) is 0 Å². The van der Waals surface area contributed by atoms with Crippen LogP contribution in [0.4, 0.5) is 0 Å². The molecule has 0 unspecified atom stereocenters. The third-order valence-corrected chi connectivity index (χ3v) is 4.27. The van der Waals surface area contributed by atoms with Gasteiger partial charge in [-0.1, -0.05) is 31.2 Å². The number of benzene rings is 2. The molecule has 3 aromatic rings. The average Bonchev–Trinajstić information content (AvgIpc) is 3.24. The van der Waals surface area contributed by atoms with Crippen molar-refractivity contribution in [1.82, 2.24) is 14.9 Å². The zero-order valence-electron chi connectivity index (χ0n) is 15.8. The summed E-state index contributed by atoms with van der Waals surface area (Å²) in [6.07, 6.45) is 5.90. The Morgan fingerprint density at radius 2 is 1.89 bits per heavy atom. The van der Waals surface area contributed by atoms with Crippen LogP contribution in [0.2, 0.25) is 0 Å². The Balaban J connectivity index is 1.46. The number of imidazole rings is 1. The van der Waals surface area contributed by atoms with E-state index in [4.69, 9.17) is 4.74 Å². The molecule has 6 heteroatoms. The van der Waals surface area contributed by atoms with Crippen molar-refractivity contribution in [3.05, 3.63) is 83.9 Å². The number of Topliss-reactive ketones (excluding diaryl/α,β-unsaturated/α-hetero) is 1. The number of hydrogen-bond acceptors (Lipinski definition) is 4. The number of rotatable bonds is 9. The van der Waals surface area contributed by atoms with E-state index in [1.165, 1.54) is 0 Å². The lowest BCUT2D eigenvalue weighted by Gasteiger charge is -2.09. The predicted molar refractivity (Wildman–Crippen MR) is 106 cm³/mol. The van der Waals surface area contributed by atoms with Crippen LogP contribution in [0.5, 0.6) is 5.75 Å². The van der Waals surface area contributed by atoms with Crippen molar-refractivity contribution in [3.63, 3.8) is 0 Å². The van der Waals surface area contributed by atoms with E-state index in [1.807, 2.05) is 35.9 Å². The SMILES string of the molecule is CCC(=O)c1ccc(OCC(=O)NCc2cccc(Cn3ccnc3)c2)cc1. The molecule has 144 valence electrons. The fourth-order valence-corrected chi connectivity index (χ4v) is 2.77. The smallest absolute Gasteiger partial charge is 0.258 e. The number of ether oxygens (including phenoxy) is 1. The molecule has 0 aliphatic carbocycles. The van der Waals surface area contributed by atoms with E-state index in [9.17, 15) is 9.59 Å². The van der Waals surface area contributed by atoms with Crippen LogP contribution in [-0.2, 0) is 17.9 Å². The van der Waals surface area contributed by atoms with Gasteiger partial charge in [-0.05, 0) is 35.4 Å². The van der Waals surface area contributed by atoms with Crippen LogP contribution in [0.15, 0.2) is 67.3 Å². The number of ketones is 1. The molecule has 1 N–H and O–H groups in total. The summed E-state index contributed by atoms with van der Waals surface area (Å²) >= 11 is 0. The summed E-state index contributed by atoms with van der Waals surface area (Å²) in [6.45, 7) is 2.92. The van der Waals surface area contributed by atoms with Crippen molar-refractivity contribution < 1.29 is 14.3 Å². The highest BCUT2D eigenvalue weighted by molar-refractivity contribution is 5.95. The van der Waals surface area contributed by atoms with Gasteiger partial charge in [-0.15, -0.1) is 0 Å². The molecule has 1 aromatic heterocycles. The van der Waals surface area contributed by atoms with Crippen molar-refractivity contribution in [2.24, 2.45) is 0 Å². The van der Waals surface area contributed by atoms with Gasteiger partial charge in [0.1, 0.15) is 5.75 Å². The first-order chi connectivity index (χ1) is 13.6. The molecule has 28 heavy (non-hydrogen) atoms. The quantitative estimate of drug-likeness (QED) is 0.581. The molecule has 3 rings (SSSR count). The maximum atomic E-state index is 12.0. The second-order valence-electron chi connectivity index (χ2n) is 6.42. The zero-order chi connectivity index (χ0) is 19.8. The van der Waals surface area contributed by atoms with E-state index in [-0.39, 0.29) is 18.3 Å². The Bertz CT molecular complexity index is 918. The molecule has 0 bridgehead atoms. The summed E-state index contributed by atoms with van der Waals surface area (Å²) in [4.78, 5) is 27.7. The zero-order valence-corrected chi connectivity index (χ0v) is 15.8. The van der Waals surface area contributed by atoms with Gasteiger partial charge in [-0.2, -0.15) is 0 Å². The molecule has 1 heterocycles. The molecule has 6 nitrogen and oxygen atoms in total. The largest absolute Gasteiger partial charge is 0.484 e. The lowest BCUT2D eigenvalue weighted by atomic mass is 10.1. The number of nitrogens with one attached hydrogen (secondary N) is 1. The van der Waals surface area contributed by atoms with Crippen molar-refractivity contribution in [1.29, 1.82) is 0 Å². The third kappa shape index (κ3) is 5.54. The van der Waals surface area contributed by atoms with Gasteiger partial charge in [0.05, 0.1) is 6.33 Å². The van der Waals surface area contributed by atoms with Gasteiger partial charge in [0, 0.05) is 37.5 Å². The minimum Gasteiger partial charge on any atom is -0.484 e. The topological polar surface area (TPSA) is 73.2 Å². The lowest BCUT2D eigenvalue weighted by molar-refractivity contribution is -0.123. The minimum absolute atomic E-state index is 0.0736. The van der Waals surface area contributed by atoms with Crippen LogP contribution in [-0.4, -0.2) is 27.8 Å². The van der Waals surface area contributed by atoms with Crippen LogP contribution in [0.25, 0.3) is 0 Å². The Hall–Kier alpha value is -3.41. The summed E-state index contributed by atoms with van der Waals surface area (Å²) in [5.41, 5.74) is 2.81. The van der Waals surface area contributed by atoms with Gasteiger partial charge in [0.25, 0.3) is 5.91 Å². The monoisotopic (exact) mass is 377 g/mol. The van der Waals surface area contributed by atoms with Crippen molar-refractivity contribution in [3.8, 4) is 5.75 Å². The van der Waals surface area contributed by atoms with Crippen LogP contribution in [0, 0.1) is 0 Å². The summed E-state index contributed by atoms with van der Waals surface area (Å²) in [7, 11) is 0. The Kier molecular flexibility index (Phi) is 6.57. The van der Waals surface area contributed by atoms with Crippen molar-refractivity contribution in [2.45, 2.75) is 26.4 Å². The van der Waals surface area contributed by atoms with Crippen molar-refractivity contribution >= 4 is 11.7 Å². The van der Waals surface area contributed by atoms with Gasteiger partial charge < -0.3 is 14.6 Å². The van der Waals surface area contributed by atoms with Gasteiger partial charge in [-0.25, -0.2) is 4.98 Å². The molecule has 2 aromatic carbocycles. The summed E-state index contributed by atoms with van der Waals surface area (Å²) < 4.78 is 7.48. The highest BCUT2D eigenvalue weighted by Crippen LogP contribution is 2.13. The van der Waals surface area contributed by atoms with Gasteiger partial charge in [0.2, 0.25) is 0 Å². The first-order valence-corrected chi connectivity index (χ1v) is 9.20. The molecule has 0 spiro atoms. The number of carbonyl (C=O) groups excluding carboxylic acids is 2. The van der Waals surface area contributed by atoms with Gasteiger partial charge in [0.15, 0.2) is 12.4 Å². The van der Waals surface area contributed by atoms with E-state index in [0.717, 1.165) is 17.7 Å². The van der Waals surface area contributed by atoms with E-state index < -0.39 is 0 Å². The predicted octanol–water partition coefficient (Wildman–Crippen LogP) is 3.22. The summed E-state index contributed by atoms with van der Waals surface area (Å²) in [5.74, 6) is 0.443. The van der Waals surface area contributed by atoms with E-state index >= 15 is 0 Å². The molecular formula is C22H23N3O3. The number of hydrogen-bond donors (Lipinski definition) is 1. The fraction of sp³-hybridized carbons (Fsp3) is 0.227. The fourth-order valence-electron chi connectivity index (χ4n) is 2.77. The second kappa shape index (κ2) is 9.50. The number of carbonyl (C=O) groups is 2. The lowest BCUT2D eigenvalue weighted by Crippen LogP contribution is -2.28. The number of aromatic nitrogens is 2. The van der Waals surface area contributed by atoms with E-state index in [1.54, 1.807) is 36.8 Å². The van der Waals surface area contributed by atoms with E-state index in [0.29, 0.717) is 24.3 Å². The van der Waals surface area contributed by atoms with Crippen LogP contribution in [0.1, 0.15) is 34.8 Å². The maximum Gasteiger partial charge on any atom is 0.258 e. The molecular weight excluding hydrogens is 354 g/mol. The number of amides is 1. The molecule has 0 radical (unpaired) electrons. The Labute approximate surface area is 164 Å². The van der Waals surface area contributed by atoms with Crippen molar-refractivity contribution in [2.75, 3.05) is 6.61 Å². The van der Waals surface area contributed by atoms with Crippen LogP contribution < -0.4 is 10.1 Å². The normalized spacial score (nSPS) is 10.5. The summed E-state index contributed by atoms with van der Waals surface area (Å²) in [5, 5.41) is 2.86. The Morgan fingerprint density at radius 3 is 2.61 bits per heavy atom. The average molecular weight is 377 g/mol. The van der Waals surface area contributed by atoms with Gasteiger partial charge >= 0.3 is 0 Å². The molecule has 0 aliphatic rings. The molecule has 0 atom stereocenters.